The SMILES string of the molecule is CCC1OC(Sc2ccccc2)C(OP2(=O)OCc3ccccc3CO2)C(C)C1C. The molecule has 0 radical (unpaired) electrons. The smallest absolute Gasteiger partial charge is 0.361 e. The third-order valence-corrected chi connectivity index (χ3v) is 8.58. The molecular weight excluding hydrogens is 419 g/mol. The van der Waals surface area contributed by atoms with Crippen LogP contribution in [0.15, 0.2) is 59.5 Å². The molecule has 7 heteroatoms. The Bertz CT molecular complexity index is 861. The third-order valence-electron chi connectivity index (χ3n) is 6.03. The summed E-state index contributed by atoms with van der Waals surface area (Å²) in [7, 11) is -3.74. The van der Waals surface area contributed by atoms with Crippen LogP contribution in [0.2, 0.25) is 0 Å². The van der Waals surface area contributed by atoms with Crippen molar-refractivity contribution >= 4 is 19.6 Å². The molecule has 30 heavy (non-hydrogen) atoms. The molecule has 1 saturated heterocycles. The maximum absolute atomic E-state index is 13.5. The largest absolute Gasteiger partial charge is 0.475 e. The summed E-state index contributed by atoms with van der Waals surface area (Å²) in [4.78, 5) is 1.08. The van der Waals surface area contributed by atoms with Gasteiger partial charge in [-0.15, -0.1) is 0 Å². The first kappa shape index (κ1) is 22.1. The van der Waals surface area contributed by atoms with Crippen LogP contribution in [0.25, 0.3) is 0 Å². The lowest BCUT2D eigenvalue weighted by atomic mass is 9.83. The number of rotatable bonds is 5. The number of ether oxygens (including phenoxy) is 1. The van der Waals surface area contributed by atoms with Crippen LogP contribution in [-0.2, 0) is 36.1 Å². The molecular formula is C23H29O5PS. The predicted molar refractivity (Wildman–Crippen MR) is 118 cm³/mol. The first-order valence-electron chi connectivity index (χ1n) is 10.5. The molecule has 2 heterocycles. The van der Waals surface area contributed by atoms with E-state index in [1.54, 1.807) is 11.8 Å². The van der Waals surface area contributed by atoms with E-state index in [-0.39, 0.29) is 36.6 Å². The van der Waals surface area contributed by atoms with Gasteiger partial charge in [-0.1, -0.05) is 75.0 Å². The highest BCUT2D eigenvalue weighted by atomic mass is 32.2. The Kier molecular flexibility index (Phi) is 7.03. The third kappa shape index (κ3) is 4.85. The van der Waals surface area contributed by atoms with Gasteiger partial charge >= 0.3 is 7.82 Å². The molecule has 0 bridgehead atoms. The number of phosphoric acid groups is 1. The van der Waals surface area contributed by atoms with Gasteiger partial charge in [0, 0.05) is 4.90 Å². The van der Waals surface area contributed by atoms with Crippen LogP contribution in [0, 0.1) is 11.8 Å². The van der Waals surface area contributed by atoms with Crippen LogP contribution in [0.5, 0.6) is 0 Å². The van der Waals surface area contributed by atoms with Crippen LogP contribution < -0.4 is 0 Å². The van der Waals surface area contributed by atoms with E-state index in [4.69, 9.17) is 18.3 Å². The number of fused-ring (bicyclic) bond motifs is 1. The van der Waals surface area contributed by atoms with Gasteiger partial charge in [-0.25, -0.2) is 4.57 Å². The van der Waals surface area contributed by atoms with E-state index in [2.05, 4.69) is 20.8 Å². The van der Waals surface area contributed by atoms with E-state index in [1.165, 1.54) is 0 Å². The van der Waals surface area contributed by atoms with Crippen LogP contribution >= 0.6 is 19.6 Å². The van der Waals surface area contributed by atoms with Gasteiger partial charge in [0.1, 0.15) is 11.5 Å². The summed E-state index contributed by atoms with van der Waals surface area (Å²) in [5.41, 5.74) is 1.65. The second-order valence-electron chi connectivity index (χ2n) is 7.93. The lowest BCUT2D eigenvalue weighted by molar-refractivity contribution is -0.132. The Morgan fingerprint density at radius 3 is 2.17 bits per heavy atom. The zero-order valence-corrected chi connectivity index (χ0v) is 19.3. The Morgan fingerprint density at radius 2 is 1.57 bits per heavy atom. The lowest BCUT2D eigenvalue weighted by Crippen LogP contribution is -2.48. The minimum absolute atomic E-state index is 0.127. The summed E-state index contributed by atoms with van der Waals surface area (Å²) >= 11 is 1.60. The highest BCUT2D eigenvalue weighted by molar-refractivity contribution is 7.99. The quantitative estimate of drug-likeness (QED) is 0.492. The maximum Gasteiger partial charge on any atom is 0.475 e. The molecule has 0 saturated carbocycles. The molecule has 2 aliphatic rings. The van der Waals surface area contributed by atoms with Crippen LogP contribution in [-0.4, -0.2) is 17.6 Å². The zero-order chi connectivity index (χ0) is 21.1. The summed E-state index contributed by atoms with van der Waals surface area (Å²) < 4.78 is 37.4. The molecule has 4 rings (SSSR count). The summed E-state index contributed by atoms with van der Waals surface area (Å²) in [6.07, 6.45) is 0.631. The number of thioether (sulfide) groups is 1. The van der Waals surface area contributed by atoms with Crippen molar-refractivity contribution in [3.05, 3.63) is 65.7 Å². The van der Waals surface area contributed by atoms with E-state index in [1.807, 2.05) is 54.6 Å². The summed E-state index contributed by atoms with van der Waals surface area (Å²) in [6, 6.07) is 17.9. The maximum atomic E-state index is 13.5. The highest BCUT2D eigenvalue weighted by Gasteiger charge is 2.46. The van der Waals surface area contributed by atoms with Crippen LogP contribution in [0.1, 0.15) is 38.3 Å². The average Bonchev–Trinajstić information content (AvgIpc) is 2.94. The number of benzene rings is 2. The monoisotopic (exact) mass is 448 g/mol. The summed E-state index contributed by atoms with van der Waals surface area (Å²) in [5.74, 6) is 0.400. The van der Waals surface area contributed by atoms with Crippen molar-refractivity contribution in [1.29, 1.82) is 0 Å². The molecule has 5 unspecified atom stereocenters. The van der Waals surface area contributed by atoms with Gasteiger partial charge in [-0.05, 0) is 41.5 Å². The molecule has 0 aliphatic carbocycles. The molecule has 2 aromatic rings. The van der Waals surface area contributed by atoms with Gasteiger partial charge in [0.05, 0.1) is 19.3 Å². The molecule has 162 valence electrons. The zero-order valence-electron chi connectivity index (χ0n) is 17.6. The second-order valence-corrected chi connectivity index (χ2v) is 10.7. The van der Waals surface area contributed by atoms with E-state index < -0.39 is 13.9 Å². The average molecular weight is 449 g/mol. The lowest BCUT2D eigenvalue weighted by Gasteiger charge is -2.44. The fourth-order valence-electron chi connectivity index (χ4n) is 3.98. The molecule has 0 spiro atoms. The van der Waals surface area contributed by atoms with Gasteiger partial charge in [0.2, 0.25) is 0 Å². The van der Waals surface area contributed by atoms with Gasteiger partial charge in [0.25, 0.3) is 0 Å². The van der Waals surface area contributed by atoms with Gasteiger partial charge in [0.15, 0.2) is 0 Å². The second kappa shape index (κ2) is 9.56. The van der Waals surface area contributed by atoms with E-state index in [0.29, 0.717) is 0 Å². The molecule has 2 aliphatic heterocycles. The number of hydrogen-bond donors (Lipinski definition) is 0. The van der Waals surface area contributed by atoms with E-state index in [0.717, 1.165) is 22.4 Å². The normalized spacial score (nSPS) is 31.0. The van der Waals surface area contributed by atoms with Gasteiger partial charge in [-0.3, -0.25) is 13.6 Å². The van der Waals surface area contributed by atoms with Gasteiger partial charge < -0.3 is 4.74 Å². The fourth-order valence-corrected chi connectivity index (χ4v) is 6.68. The van der Waals surface area contributed by atoms with Crippen molar-refractivity contribution in [3.63, 3.8) is 0 Å². The fraction of sp³-hybridized carbons (Fsp3) is 0.478. The van der Waals surface area contributed by atoms with Crippen molar-refractivity contribution in [2.24, 2.45) is 11.8 Å². The molecule has 1 fully saturated rings. The van der Waals surface area contributed by atoms with Gasteiger partial charge in [-0.2, -0.15) is 0 Å². The Hall–Kier alpha value is -1.14. The highest BCUT2D eigenvalue weighted by Crippen LogP contribution is 2.57. The number of phosphoric ester groups is 1. The topological polar surface area (TPSA) is 54.0 Å². The summed E-state index contributed by atoms with van der Waals surface area (Å²) in [5, 5.41) is 0. The Balaban J connectivity index is 1.55. The molecule has 0 amide bonds. The predicted octanol–water partition coefficient (Wildman–Crippen LogP) is 6.43. The Labute approximate surface area is 183 Å². The molecule has 5 atom stereocenters. The van der Waals surface area contributed by atoms with Crippen LogP contribution in [0.4, 0.5) is 0 Å². The minimum Gasteiger partial charge on any atom is -0.361 e. The standard InChI is InChI=1S/C23H29O5PS/c1-4-21-16(2)17(3)22(23(27-21)30-20-12-6-5-7-13-20)28-29(24)25-14-18-10-8-9-11-19(18)15-26-29/h5-13,16-17,21-23H,4,14-15H2,1-3H3. The van der Waals surface area contributed by atoms with Crippen LogP contribution in [0.3, 0.4) is 0 Å². The van der Waals surface area contributed by atoms with E-state index in [9.17, 15) is 4.57 Å². The Morgan fingerprint density at radius 1 is 0.967 bits per heavy atom. The number of hydrogen-bond acceptors (Lipinski definition) is 6. The summed E-state index contributed by atoms with van der Waals surface area (Å²) in [6.45, 7) is 6.85. The molecule has 0 aromatic heterocycles. The van der Waals surface area contributed by atoms with Crippen molar-refractivity contribution in [3.8, 4) is 0 Å². The van der Waals surface area contributed by atoms with Crippen molar-refractivity contribution in [2.45, 2.75) is 62.9 Å². The minimum atomic E-state index is -3.74. The molecule has 2 aromatic carbocycles. The van der Waals surface area contributed by atoms with Crippen molar-refractivity contribution in [2.75, 3.05) is 0 Å². The first-order valence-corrected chi connectivity index (χ1v) is 12.8. The van der Waals surface area contributed by atoms with Crippen molar-refractivity contribution in [1.82, 2.24) is 0 Å². The first-order chi connectivity index (χ1) is 14.5. The van der Waals surface area contributed by atoms with E-state index >= 15 is 0 Å². The molecule has 5 nitrogen and oxygen atoms in total. The molecule has 0 N–H and O–H groups in total. The van der Waals surface area contributed by atoms with Crippen molar-refractivity contribution < 1.29 is 22.9 Å².